The van der Waals surface area contributed by atoms with Crippen molar-refractivity contribution in [2.24, 2.45) is 0 Å². The topological polar surface area (TPSA) is 68.5 Å². The van der Waals surface area contributed by atoms with Crippen LogP contribution in [0.2, 0.25) is 0 Å². The summed E-state index contributed by atoms with van der Waals surface area (Å²) >= 11 is 1.71. The summed E-state index contributed by atoms with van der Waals surface area (Å²) < 4.78 is 12.9. The first kappa shape index (κ1) is 22.5. The van der Waals surface area contributed by atoms with E-state index in [2.05, 4.69) is 56.0 Å². The number of thiophene rings is 1. The summed E-state index contributed by atoms with van der Waals surface area (Å²) in [5, 5.41) is 14.8. The van der Waals surface area contributed by atoms with Gasteiger partial charge in [-0.2, -0.15) is 0 Å². The van der Waals surface area contributed by atoms with Crippen LogP contribution in [-0.2, 0) is 6.54 Å². The van der Waals surface area contributed by atoms with Crippen molar-refractivity contribution >= 4 is 23.7 Å². The number of tetrazole rings is 1. The Kier molecular flexibility index (Phi) is 7.65. The fourth-order valence-electron chi connectivity index (χ4n) is 3.70. The van der Waals surface area contributed by atoms with E-state index in [9.17, 15) is 0 Å². The summed E-state index contributed by atoms with van der Waals surface area (Å²) in [6.07, 6.45) is 0. The molecule has 1 atom stereocenters. The Morgan fingerprint density at radius 2 is 1.83 bits per heavy atom. The minimum Gasteiger partial charge on any atom is -0.493 e. The van der Waals surface area contributed by atoms with Gasteiger partial charge in [0.2, 0.25) is 0 Å². The summed E-state index contributed by atoms with van der Waals surface area (Å²) in [5.74, 6) is 2.27. The second-order valence-corrected chi connectivity index (χ2v) is 8.16. The van der Waals surface area contributed by atoms with E-state index in [0.717, 1.165) is 37.6 Å². The third-order valence-electron chi connectivity index (χ3n) is 5.32. The third kappa shape index (κ3) is 4.75. The molecule has 0 spiro atoms. The van der Waals surface area contributed by atoms with Crippen molar-refractivity contribution in [3.8, 4) is 11.5 Å². The van der Waals surface area contributed by atoms with E-state index in [4.69, 9.17) is 9.47 Å². The molecule has 0 aliphatic carbocycles. The molecule has 3 heterocycles. The fourth-order valence-corrected chi connectivity index (χ4v) is 4.38. The third-order valence-corrected chi connectivity index (χ3v) is 6.18. The van der Waals surface area contributed by atoms with Crippen molar-refractivity contribution in [3.63, 3.8) is 0 Å². The maximum Gasteiger partial charge on any atom is 0.173 e. The first-order valence-electron chi connectivity index (χ1n) is 9.62. The summed E-state index contributed by atoms with van der Waals surface area (Å²) in [4.78, 5) is 6.01. The number of benzene rings is 1. The van der Waals surface area contributed by atoms with Crippen LogP contribution < -0.4 is 9.47 Å². The average Bonchev–Trinajstić information content (AvgIpc) is 3.42. The molecule has 0 N–H and O–H groups in total. The molecule has 1 unspecified atom stereocenters. The van der Waals surface area contributed by atoms with E-state index in [1.807, 2.05) is 16.8 Å². The number of halogens is 1. The summed E-state index contributed by atoms with van der Waals surface area (Å²) in [7, 11) is 5.47. The summed E-state index contributed by atoms with van der Waals surface area (Å²) in [6, 6.07) is 10.2. The molecule has 1 aliphatic rings. The Bertz CT molecular complexity index is 927. The molecule has 3 aromatic rings. The van der Waals surface area contributed by atoms with Gasteiger partial charge in [0.1, 0.15) is 0 Å². The fraction of sp³-hybridized carbons (Fsp3) is 0.450. The number of nitrogens with zero attached hydrogens (tertiary/aromatic N) is 6. The van der Waals surface area contributed by atoms with Crippen LogP contribution in [0.1, 0.15) is 22.3 Å². The highest BCUT2D eigenvalue weighted by molar-refractivity contribution is 7.09. The van der Waals surface area contributed by atoms with Gasteiger partial charge in [-0.25, -0.2) is 4.68 Å². The maximum absolute atomic E-state index is 5.56. The van der Waals surface area contributed by atoms with Crippen LogP contribution in [-0.4, -0.2) is 77.5 Å². The predicted molar refractivity (Wildman–Crippen MR) is 119 cm³/mol. The van der Waals surface area contributed by atoms with Crippen LogP contribution in [0.25, 0.3) is 0 Å². The summed E-state index contributed by atoms with van der Waals surface area (Å²) in [6.45, 7) is 4.58. The summed E-state index contributed by atoms with van der Waals surface area (Å²) in [5.41, 5.74) is 1.09. The van der Waals surface area contributed by atoms with Crippen LogP contribution in [0.15, 0.2) is 35.7 Å². The second-order valence-electron chi connectivity index (χ2n) is 7.13. The molecular formula is C20H27ClN6O2S. The normalized spacial score (nSPS) is 16.1. The van der Waals surface area contributed by atoms with Crippen molar-refractivity contribution in [1.29, 1.82) is 0 Å². The van der Waals surface area contributed by atoms with Crippen molar-refractivity contribution in [2.75, 3.05) is 47.4 Å². The number of hydrogen-bond acceptors (Lipinski definition) is 8. The zero-order chi connectivity index (χ0) is 20.2. The van der Waals surface area contributed by atoms with Crippen molar-refractivity contribution in [3.05, 3.63) is 52.0 Å². The lowest BCUT2D eigenvalue weighted by molar-refractivity contribution is 0.121. The minimum absolute atomic E-state index is 0. The van der Waals surface area contributed by atoms with Gasteiger partial charge in [0.05, 0.1) is 26.8 Å². The Morgan fingerprint density at radius 3 is 2.50 bits per heavy atom. The number of aromatic nitrogens is 4. The molecule has 4 rings (SSSR count). The Morgan fingerprint density at radius 1 is 1.07 bits per heavy atom. The molecule has 162 valence electrons. The molecule has 0 amide bonds. The Balaban J connectivity index is 0.00000256. The lowest BCUT2D eigenvalue weighted by atomic mass is 10.0. The van der Waals surface area contributed by atoms with Gasteiger partial charge in [0.15, 0.2) is 17.3 Å². The molecule has 1 aromatic carbocycles. The number of methoxy groups -OCH3 is 2. The van der Waals surface area contributed by atoms with Gasteiger partial charge in [-0.05, 0) is 46.6 Å². The largest absolute Gasteiger partial charge is 0.493 e. The number of hydrogen-bond donors (Lipinski definition) is 0. The van der Waals surface area contributed by atoms with Gasteiger partial charge in [-0.15, -0.1) is 28.8 Å². The molecule has 8 nitrogen and oxygen atoms in total. The first-order chi connectivity index (χ1) is 14.2. The SMILES string of the molecule is COc1ccc(C(c2nnnn2Cc2cccs2)N2CCN(C)CC2)cc1OC.Cl. The van der Waals surface area contributed by atoms with Crippen molar-refractivity contribution < 1.29 is 9.47 Å². The van der Waals surface area contributed by atoms with Gasteiger partial charge in [0, 0.05) is 31.1 Å². The lowest BCUT2D eigenvalue weighted by Gasteiger charge is -2.37. The van der Waals surface area contributed by atoms with E-state index in [0.29, 0.717) is 18.0 Å². The Hall–Kier alpha value is -2.20. The molecule has 0 bridgehead atoms. The van der Waals surface area contributed by atoms with E-state index in [-0.39, 0.29) is 18.4 Å². The zero-order valence-electron chi connectivity index (χ0n) is 17.4. The molecule has 0 saturated carbocycles. The van der Waals surface area contributed by atoms with Crippen LogP contribution in [0, 0.1) is 0 Å². The van der Waals surface area contributed by atoms with Crippen LogP contribution >= 0.6 is 23.7 Å². The average molecular weight is 451 g/mol. The highest BCUT2D eigenvalue weighted by atomic mass is 35.5. The molecule has 1 fully saturated rings. The zero-order valence-corrected chi connectivity index (χ0v) is 19.0. The molecule has 1 saturated heterocycles. The molecule has 30 heavy (non-hydrogen) atoms. The second kappa shape index (κ2) is 10.2. The lowest BCUT2D eigenvalue weighted by Crippen LogP contribution is -2.46. The smallest absolute Gasteiger partial charge is 0.173 e. The number of piperazine rings is 1. The van der Waals surface area contributed by atoms with Crippen LogP contribution in [0.5, 0.6) is 11.5 Å². The van der Waals surface area contributed by atoms with E-state index in [1.165, 1.54) is 4.88 Å². The molecule has 0 radical (unpaired) electrons. The molecule has 1 aliphatic heterocycles. The molecule has 10 heteroatoms. The van der Waals surface area contributed by atoms with Gasteiger partial charge >= 0.3 is 0 Å². The van der Waals surface area contributed by atoms with Gasteiger partial charge in [0.25, 0.3) is 0 Å². The monoisotopic (exact) mass is 450 g/mol. The van der Waals surface area contributed by atoms with E-state index >= 15 is 0 Å². The standard InChI is InChI=1S/C20H26N6O2S.ClH/c1-24-8-10-25(11-9-24)19(15-6-7-17(27-2)18(13-15)28-3)20-21-22-23-26(20)14-16-5-4-12-29-16;/h4-7,12-13,19H,8-11,14H2,1-3H3;1H. The minimum atomic E-state index is -0.0570. The number of likely N-dealkylation sites (N-methyl/N-ethyl adjacent to an activating group) is 1. The maximum atomic E-state index is 5.56. The van der Waals surface area contributed by atoms with Gasteiger partial charge < -0.3 is 14.4 Å². The first-order valence-corrected chi connectivity index (χ1v) is 10.5. The van der Waals surface area contributed by atoms with E-state index in [1.54, 1.807) is 25.6 Å². The molecule has 2 aromatic heterocycles. The van der Waals surface area contributed by atoms with Gasteiger partial charge in [-0.1, -0.05) is 12.1 Å². The van der Waals surface area contributed by atoms with Crippen molar-refractivity contribution in [2.45, 2.75) is 12.6 Å². The number of rotatable bonds is 7. The van der Waals surface area contributed by atoms with Crippen LogP contribution in [0.4, 0.5) is 0 Å². The van der Waals surface area contributed by atoms with E-state index < -0.39 is 0 Å². The number of ether oxygens (including phenoxy) is 2. The highest BCUT2D eigenvalue weighted by Gasteiger charge is 2.30. The predicted octanol–water partition coefficient (Wildman–Crippen LogP) is 2.56. The Labute approximate surface area is 186 Å². The van der Waals surface area contributed by atoms with Gasteiger partial charge in [-0.3, -0.25) is 4.90 Å². The van der Waals surface area contributed by atoms with Crippen molar-refractivity contribution in [1.82, 2.24) is 30.0 Å². The molecular weight excluding hydrogens is 424 g/mol. The highest BCUT2D eigenvalue weighted by Crippen LogP contribution is 2.35. The van der Waals surface area contributed by atoms with Crippen LogP contribution in [0.3, 0.4) is 0 Å². The quantitative estimate of drug-likeness (QED) is 0.548.